The van der Waals surface area contributed by atoms with Crippen LogP contribution in [-0.4, -0.2) is 10.9 Å². The van der Waals surface area contributed by atoms with Gasteiger partial charge in [0.1, 0.15) is 23.7 Å². The van der Waals surface area contributed by atoms with Gasteiger partial charge in [-0.15, -0.1) is 0 Å². The van der Waals surface area contributed by atoms with Crippen molar-refractivity contribution >= 4 is 11.7 Å². The maximum atomic E-state index is 11.9. The van der Waals surface area contributed by atoms with E-state index in [0.717, 1.165) is 0 Å². The SMILES string of the molecule is Cc1cc(C(=O)OCc2ccccc2[N+](=O)[O-])c(C)o1. The number of esters is 1. The molecule has 0 saturated heterocycles. The number of para-hydroxylation sites is 1. The van der Waals surface area contributed by atoms with Crippen molar-refractivity contribution in [2.24, 2.45) is 0 Å². The van der Waals surface area contributed by atoms with Gasteiger partial charge in [0.25, 0.3) is 5.69 Å². The lowest BCUT2D eigenvalue weighted by atomic mass is 10.2. The lowest BCUT2D eigenvalue weighted by Crippen LogP contribution is -2.06. The normalized spacial score (nSPS) is 10.3. The van der Waals surface area contributed by atoms with E-state index in [0.29, 0.717) is 22.6 Å². The number of hydrogen-bond donors (Lipinski definition) is 0. The number of furan rings is 1. The number of nitro benzene ring substituents is 1. The highest BCUT2D eigenvalue weighted by molar-refractivity contribution is 5.90. The van der Waals surface area contributed by atoms with Crippen LogP contribution < -0.4 is 0 Å². The minimum Gasteiger partial charge on any atom is -0.466 e. The summed E-state index contributed by atoms with van der Waals surface area (Å²) in [6.45, 7) is 3.24. The summed E-state index contributed by atoms with van der Waals surface area (Å²) in [4.78, 5) is 22.2. The highest BCUT2D eigenvalue weighted by atomic mass is 16.6. The first-order chi connectivity index (χ1) is 9.49. The fourth-order valence-electron chi connectivity index (χ4n) is 1.87. The maximum absolute atomic E-state index is 11.9. The second-order valence-corrected chi connectivity index (χ2v) is 4.29. The number of benzene rings is 1. The first-order valence-electron chi connectivity index (χ1n) is 5.95. The Bertz CT molecular complexity index is 659. The number of nitro groups is 1. The van der Waals surface area contributed by atoms with E-state index in [9.17, 15) is 14.9 Å². The summed E-state index contributed by atoms with van der Waals surface area (Å²) in [6, 6.07) is 7.73. The fraction of sp³-hybridized carbons (Fsp3) is 0.214. The first kappa shape index (κ1) is 13.8. The summed E-state index contributed by atoms with van der Waals surface area (Å²) in [6.07, 6.45) is 0. The van der Waals surface area contributed by atoms with E-state index in [2.05, 4.69) is 0 Å². The third kappa shape index (κ3) is 2.85. The Morgan fingerprint density at radius 3 is 2.65 bits per heavy atom. The van der Waals surface area contributed by atoms with E-state index in [1.54, 1.807) is 38.1 Å². The van der Waals surface area contributed by atoms with Gasteiger partial charge in [-0.2, -0.15) is 0 Å². The van der Waals surface area contributed by atoms with Gasteiger partial charge in [0.15, 0.2) is 0 Å². The molecule has 6 heteroatoms. The summed E-state index contributed by atoms with van der Waals surface area (Å²) in [5.41, 5.74) is 0.616. The van der Waals surface area contributed by atoms with Gasteiger partial charge in [-0.25, -0.2) is 4.79 Å². The summed E-state index contributed by atoms with van der Waals surface area (Å²) in [5.74, 6) is 0.521. The zero-order valence-electron chi connectivity index (χ0n) is 11.1. The lowest BCUT2D eigenvalue weighted by Gasteiger charge is -2.04. The lowest BCUT2D eigenvalue weighted by molar-refractivity contribution is -0.385. The summed E-state index contributed by atoms with van der Waals surface area (Å²) >= 11 is 0. The number of aryl methyl sites for hydroxylation is 2. The van der Waals surface area contributed by atoms with Gasteiger partial charge in [-0.05, 0) is 26.0 Å². The third-order valence-electron chi connectivity index (χ3n) is 2.81. The predicted molar refractivity (Wildman–Crippen MR) is 70.4 cm³/mol. The molecule has 0 N–H and O–H groups in total. The standard InChI is InChI=1S/C14H13NO5/c1-9-7-12(10(2)20-9)14(16)19-8-11-5-3-4-6-13(11)15(17)18/h3-7H,8H2,1-2H3. The van der Waals surface area contributed by atoms with Crippen molar-refractivity contribution in [1.29, 1.82) is 0 Å². The second kappa shape index (κ2) is 5.56. The molecule has 0 bridgehead atoms. The number of carbonyl (C=O) groups excluding carboxylic acids is 1. The minimum atomic E-state index is -0.558. The van der Waals surface area contributed by atoms with Gasteiger partial charge in [-0.1, -0.05) is 12.1 Å². The van der Waals surface area contributed by atoms with Gasteiger partial charge in [0.05, 0.1) is 10.5 Å². The van der Waals surface area contributed by atoms with Gasteiger partial charge in [-0.3, -0.25) is 10.1 Å². The molecule has 0 aliphatic rings. The van der Waals surface area contributed by atoms with Crippen LogP contribution in [0.1, 0.15) is 27.4 Å². The van der Waals surface area contributed by atoms with Crippen molar-refractivity contribution in [2.45, 2.75) is 20.5 Å². The quantitative estimate of drug-likeness (QED) is 0.486. The molecular weight excluding hydrogens is 262 g/mol. The molecule has 6 nitrogen and oxygen atoms in total. The maximum Gasteiger partial charge on any atom is 0.342 e. The Morgan fingerprint density at radius 2 is 2.05 bits per heavy atom. The van der Waals surface area contributed by atoms with Gasteiger partial charge < -0.3 is 9.15 Å². The molecule has 0 atom stereocenters. The van der Waals surface area contributed by atoms with Crippen molar-refractivity contribution in [3.63, 3.8) is 0 Å². The summed E-state index contributed by atoms with van der Waals surface area (Å²) in [7, 11) is 0. The van der Waals surface area contributed by atoms with Crippen molar-refractivity contribution in [3.05, 3.63) is 63.1 Å². The Kier molecular flexibility index (Phi) is 3.84. The first-order valence-corrected chi connectivity index (χ1v) is 5.95. The number of ether oxygens (including phenoxy) is 1. The Labute approximate surface area is 115 Å². The molecule has 2 aromatic rings. The number of carbonyl (C=O) groups is 1. The molecule has 0 amide bonds. The molecule has 0 saturated carbocycles. The van der Waals surface area contributed by atoms with E-state index in [1.165, 1.54) is 6.07 Å². The second-order valence-electron chi connectivity index (χ2n) is 4.29. The highest BCUT2D eigenvalue weighted by Crippen LogP contribution is 2.20. The van der Waals surface area contributed by atoms with E-state index >= 15 is 0 Å². The van der Waals surface area contributed by atoms with Crippen LogP contribution in [0.15, 0.2) is 34.7 Å². The molecule has 0 radical (unpaired) electrons. The molecule has 0 spiro atoms. The molecule has 20 heavy (non-hydrogen) atoms. The number of rotatable bonds is 4. The molecule has 2 rings (SSSR count). The van der Waals surface area contributed by atoms with Crippen LogP contribution in [0, 0.1) is 24.0 Å². The zero-order valence-corrected chi connectivity index (χ0v) is 11.1. The largest absolute Gasteiger partial charge is 0.466 e. The predicted octanol–water partition coefficient (Wildman–Crippen LogP) is 3.16. The number of nitrogens with zero attached hydrogens (tertiary/aromatic N) is 1. The van der Waals surface area contributed by atoms with E-state index in [4.69, 9.17) is 9.15 Å². The molecule has 0 unspecified atom stereocenters. The van der Waals surface area contributed by atoms with Crippen molar-refractivity contribution in [1.82, 2.24) is 0 Å². The van der Waals surface area contributed by atoms with Crippen LogP contribution in [0.3, 0.4) is 0 Å². The average molecular weight is 275 g/mol. The van der Waals surface area contributed by atoms with E-state index in [-0.39, 0.29) is 12.3 Å². The summed E-state index contributed by atoms with van der Waals surface area (Å²) < 4.78 is 10.3. The molecule has 104 valence electrons. The molecule has 0 aliphatic heterocycles. The van der Waals surface area contributed by atoms with Crippen molar-refractivity contribution < 1.29 is 18.9 Å². The smallest absolute Gasteiger partial charge is 0.342 e. The van der Waals surface area contributed by atoms with Crippen molar-refractivity contribution in [3.8, 4) is 0 Å². The van der Waals surface area contributed by atoms with Gasteiger partial charge >= 0.3 is 5.97 Å². The minimum absolute atomic E-state index is 0.0691. The highest BCUT2D eigenvalue weighted by Gasteiger charge is 2.18. The summed E-state index contributed by atoms with van der Waals surface area (Å²) in [5, 5.41) is 10.8. The van der Waals surface area contributed by atoms with Crippen LogP contribution >= 0.6 is 0 Å². The monoisotopic (exact) mass is 275 g/mol. The topological polar surface area (TPSA) is 82.6 Å². The Morgan fingerprint density at radius 1 is 1.35 bits per heavy atom. The van der Waals surface area contributed by atoms with Crippen LogP contribution in [-0.2, 0) is 11.3 Å². The molecule has 1 heterocycles. The molecule has 0 fully saturated rings. The molecular formula is C14H13NO5. The van der Waals surface area contributed by atoms with E-state index in [1.807, 2.05) is 0 Å². The van der Waals surface area contributed by atoms with Crippen LogP contribution in [0.25, 0.3) is 0 Å². The van der Waals surface area contributed by atoms with Gasteiger partial charge in [0.2, 0.25) is 0 Å². The Hall–Kier alpha value is -2.63. The third-order valence-corrected chi connectivity index (χ3v) is 2.81. The van der Waals surface area contributed by atoms with Crippen LogP contribution in [0.2, 0.25) is 0 Å². The van der Waals surface area contributed by atoms with Crippen LogP contribution in [0.4, 0.5) is 5.69 Å². The molecule has 1 aromatic heterocycles. The fourth-order valence-corrected chi connectivity index (χ4v) is 1.87. The number of hydrogen-bond acceptors (Lipinski definition) is 5. The van der Waals surface area contributed by atoms with Crippen molar-refractivity contribution in [2.75, 3.05) is 0 Å². The van der Waals surface area contributed by atoms with E-state index < -0.39 is 10.9 Å². The molecule has 0 aliphatic carbocycles. The zero-order chi connectivity index (χ0) is 14.7. The Balaban J connectivity index is 2.11. The van der Waals surface area contributed by atoms with Crippen LogP contribution in [0.5, 0.6) is 0 Å². The molecule has 1 aromatic carbocycles. The average Bonchev–Trinajstić information content (AvgIpc) is 2.75. The van der Waals surface area contributed by atoms with Gasteiger partial charge in [0, 0.05) is 6.07 Å².